The van der Waals surface area contributed by atoms with Gasteiger partial charge in [-0.3, -0.25) is 4.99 Å². The Kier molecular flexibility index (Phi) is 12.0. The molecule has 0 radical (unpaired) electrons. The topological polar surface area (TPSA) is 39.7 Å². The van der Waals surface area contributed by atoms with Crippen LogP contribution in [0.3, 0.4) is 0 Å². The summed E-state index contributed by atoms with van der Waals surface area (Å²) in [5.41, 5.74) is 0. The van der Waals surface area contributed by atoms with Gasteiger partial charge in [0.2, 0.25) is 0 Å². The fourth-order valence-corrected chi connectivity index (χ4v) is 2.12. The van der Waals surface area contributed by atoms with Crippen molar-refractivity contribution in [3.05, 3.63) is 0 Å². The number of likely N-dealkylation sites (tertiary alicyclic amines) is 1. The van der Waals surface area contributed by atoms with Crippen LogP contribution in [0.4, 0.5) is 0 Å². The van der Waals surface area contributed by atoms with Crippen molar-refractivity contribution in [1.82, 2.24) is 15.5 Å². The van der Waals surface area contributed by atoms with Crippen molar-refractivity contribution in [3.63, 3.8) is 0 Å². The quantitative estimate of drug-likeness (QED) is 0.313. The van der Waals surface area contributed by atoms with Crippen LogP contribution in [-0.2, 0) is 0 Å². The Morgan fingerprint density at radius 3 is 2.28 bits per heavy atom. The summed E-state index contributed by atoms with van der Waals surface area (Å²) in [7, 11) is 1.84. The highest BCUT2D eigenvalue weighted by Crippen LogP contribution is 2.06. The summed E-state index contributed by atoms with van der Waals surface area (Å²) in [6, 6.07) is 0. The van der Waals surface area contributed by atoms with Crippen LogP contribution in [0.5, 0.6) is 0 Å². The lowest BCUT2D eigenvalue weighted by Gasteiger charge is -2.15. The van der Waals surface area contributed by atoms with Gasteiger partial charge in [-0.05, 0) is 45.3 Å². The highest BCUT2D eigenvalue weighted by molar-refractivity contribution is 14.0. The SMILES string of the molecule is CCCCNC(=NC)NCCCN1CCCC1.I. The van der Waals surface area contributed by atoms with Gasteiger partial charge in [0.1, 0.15) is 0 Å². The normalized spacial score (nSPS) is 16.4. The molecular weight excluding hydrogens is 339 g/mol. The van der Waals surface area contributed by atoms with Crippen molar-refractivity contribution < 1.29 is 0 Å². The summed E-state index contributed by atoms with van der Waals surface area (Å²) in [6.07, 6.45) is 6.39. The smallest absolute Gasteiger partial charge is 0.190 e. The lowest BCUT2D eigenvalue weighted by Crippen LogP contribution is -2.39. The van der Waals surface area contributed by atoms with Crippen LogP contribution in [0.1, 0.15) is 39.0 Å². The average Bonchev–Trinajstić information content (AvgIpc) is 2.85. The zero-order chi connectivity index (χ0) is 12.3. The molecule has 1 aliphatic heterocycles. The molecule has 2 N–H and O–H groups in total. The van der Waals surface area contributed by atoms with Crippen LogP contribution in [0.2, 0.25) is 0 Å². The number of rotatable bonds is 7. The molecule has 0 atom stereocenters. The first-order chi connectivity index (χ1) is 8.36. The summed E-state index contributed by atoms with van der Waals surface area (Å²) in [6.45, 7) is 8.05. The Hall–Kier alpha value is -0.0400. The van der Waals surface area contributed by atoms with Crippen LogP contribution in [0.15, 0.2) is 4.99 Å². The molecule has 0 unspecified atom stereocenters. The van der Waals surface area contributed by atoms with Crippen LogP contribution >= 0.6 is 24.0 Å². The number of hydrogen-bond acceptors (Lipinski definition) is 2. The molecule has 1 fully saturated rings. The Morgan fingerprint density at radius 1 is 1.11 bits per heavy atom. The second-order valence-corrected chi connectivity index (χ2v) is 4.68. The predicted molar refractivity (Wildman–Crippen MR) is 90.0 cm³/mol. The van der Waals surface area contributed by atoms with Crippen molar-refractivity contribution in [2.24, 2.45) is 4.99 Å². The maximum absolute atomic E-state index is 4.21. The summed E-state index contributed by atoms with van der Waals surface area (Å²) in [4.78, 5) is 6.76. The minimum Gasteiger partial charge on any atom is -0.356 e. The van der Waals surface area contributed by atoms with Crippen molar-refractivity contribution >= 4 is 29.9 Å². The van der Waals surface area contributed by atoms with Gasteiger partial charge in [-0.25, -0.2) is 0 Å². The van der Waals surface area contributed by atoms with Gasteiger partial charge in [0.05, 0.1) is 0 Å². The molecule has 0 aliphatic carbocycles. The number of unbranched alkanes of at least 4 members (excludes halogenated alkanes) is 1. The van der Waals surface area contributed by atoms with E-state index in [4.69, 9.17) is 0 Å². The first-order valence-electron chi connectivity index (χ1n) is 7.03. The Morgan fingerprint density at radius 2 is 1.72 bits per heavy atom. The molecule has 0 bridgehead atoms. The van der Waals surface area contributed by atoms with Crippen molar-refractivity contribution in [1.29, 1.82) is 0 Å². The average molecular weight is 368 g/mol. The summed E-state index contributed by atoms with van der Waals surface area (Å²) in [5, 5.41) is 6.69. The highest BCUT2D eigenvalue weighted by atomic mass is 127. The van der Waals surface area contributed by atoms with E-state index in [9.17, 15) is 0 Å². The number of nitrogens with zero attached hydrogens (tertiary/aromatic N) is 2. The maximum atomic E-state index is 4.21. The van der Waals surface area contributed by atoms with Crippen molar-refractivity contribution in [3.8, 4) is 0 Å². The molecule has 0 aromatic rings. The van der Waals surface area contributed by atoms with Crippen LogP contribution in [0.25, 0.3) is 0 Å². The zero-order valence-electron chi connectivity index (χ0n) is 11.9. The molecule has 18 heavy (non-hydrogen) atoms. The first-order valence-corrected chi connectivity index (χ1v) is 7.03. The number of aliphatic imine (C=N–C) groups is 1. The summed E-state index contributed by atoms with van der Waals surface area (Å²) >= 11 is 0. The second-order valence-electron chi connectivity index (χ2n) is 4.68. The van der Waals surface area contributed by atoms with Gasteiger partial charge in [-0.2, -0.15) is 0 Å². The molecule has 0 amide bonds. The Balaban J connectivity index is 0.00000289. The van der Waals surface area contributed by atoms with Crippen LogP contribution < -0.4 is 10.6 Å². The molecular formula is C13H29IN4. The molecule has 0 spiro atoms. The number of hydrogen-bond donors (Lipinski definition) is 2. The molecule has 0 aromatic carbocycles. The molecule has 0 aromatic heterocycles. The lowest BCUT2D eigenvalue weighted by molar-refractivity contribution is 0.334. The minimum atomic E-state index is 0. The Labute approximate surface area is 129 Å². The van der Waals surface area contributed by atoms with E-state index in [0.717, 1.165) is 19.0 Å². The third-order valence-electron chi connectivity index (χ3n) is 3.19. The van der Waals surface area contributed by atoms with E-state index in [2.05, 4.69) is 27.4 Å². The van der Waals surface area contributed by atoms with Crippen LogP contribution in [-0.4, -0.2) is 50.6 Å². The predicted octanol–water partition coefficient (Wildman–Crippen LogP) is 2.06. The van der Waals surface area contributed by atoms with E-state index < -0.39 is 0 Å². The lowest BCUT2D eigenvalue weighted by atomic mass is 10.3. The van der Waals surface area contributed by atoms with E-state index in [1.165, 1.54) is 51.7 Å². The third-order valence-corrected chi connectivity index (χ3v) is 3.19. The minimum absolute atomic E-state index is 0. The van der Waals surface area contributed by atoms with Crippen LogP contribution in [0, 0.1) is 0 Å². The van der Waals surface area contributed by atoms with E-state index in [1.54, 1.807) is 0 Å². The van der Waals surface area contributed by atoms with Crippen molar-refractivity contribution in [2.45, 2.75) is 39.0 Å². The largest absolute Gasteiger partial charge is 0.356 e. The monoisotopic (exact) mass is 368 g/mol. The molecule has 1 rings (SSSR count). The highest BCUT2D eigenvalue weighted by Gasteiger charge is 2.10. The molecule has 4 nitrogen and oxygen atoms in total. The Bertz CT molecular complexity index is 215. The second kappa shape index (κ2) is 12.0. The van der Waals surface area contributed by atoms with Gasteiger partial charge in [-0.1, -0.05) is 13.3 Å². The van der Waals surface area contributed by atoms with E-state index in [-0.39, 0.29) is 24.0 Å². The van der Waals surface area contributed by atoms with Gasteiger partial charge < -0.3 is 15.5 Å². The fraction of sp³-hybridized carbons (Fsp3) is 0.923. The van der Waals surface area contributed by atoms with Gasteiger partial charge >= 0.3 is 0 Å². The van der Waals surface area contributed by atoms with E-state index >= 15 is 0 Å². The first kappa shape index (κ1) is 18.0. The summed E-state index contributed by atoms with van der Waals surface area (Å²) in [5.74, 6) is 0.944. The molecule has 1 saturated heterocycles. The molecule has 108 valence electrons. The molecule has 1 aliphatic rings. The number of guanidine groups is 1. The molecule has 1 heterocycles. The molecule has 5 heteroatoms. The maximum Gasteiger partial charge on any atom is 0.190 e. The van der Waals surface area contributed by atoms with Gasteiger partial charge in [0, 0.05) is 20.1 Å². The van der Waals surface area contributed by atoms with Crippen molar-refractivity contribution in [2.75, 3.05) is 39.8 Å². The zero-order valence-corrected chi connectivity index (χ0v) is 14.2. The summed E-state index contributed by atoms with van der Waals surface area (Å²) < 4.78 is 0. The number of nitrogens with one attached hydrogen (secondary N) is 2. The fourth-order valence-electron chi connectivity index (χ4n) is 2.12. The van der Waals surface area contributed by atoms with E-state index in [0.29, 0.717) is 0 Å². The van der Waals surface area contributed by atoms with Gasteiger partial charge in [0.25, 0.3) is 0 Å². The van der Waals surface area contributed by atoms with Gasteiger partial charge in [-0.15, -0.1) is 24.0 Å². The van der Waals surface area contributed by atoms with E-state index in [1.807, 2.05) is 7.05 Å². The molecule has 0 saturated carbocycles. The van der Waals surface area contributed by atoms with Gasteiger partial charge in [0.15, 0.2) is 5.96 Å². The standard InChI is InChI=1S/C13H28N4.HI/c1-3-4-8-15-13(14-2)16-9-7-12-17-10-5-6-11-17;/h3-12H2,1-2H3,(H2,14,15,16);1H. The third kappa shape index (κ3) is 8.13. The number of halogens is 1.